The highest BCUT2D eigenvalue weighted by Crippen LogP contribution is 2.17. The molecule has 33 heavy (non-hydrogen) atoms. The van der Waals surface area contributed by atoms with Gasteiger partial charge >= 0.3 is 0 Å². The molecule has 1 aromatic heterocycles. The van der Waals surface area contributed by atoms with Crippen LogP contribution in [0.5, 0.6) is 5.75 Å². The van der Waals surface area contributed by atoms with E-state index in [-0.39, 0.29) is 24.0 Å². The first-order chi connectivity index (χ1) is 15.8. The highest BCUT2D eigenvalue weighted by Gasteiger charge is 2.06. The van der Waals surface area contributed by atoms with E-state index < -0.39 is 0 Å². The summed E-state index contributed by atoms with van der Waals surface area (Å²) in [7, 11) is 3.45. The average molecular weight is 563 g/mol. The second-order valence-corrected chi connectivity index (χ2v) is 7.40. The van der Waals surface area contributed by atoms with E-state index in [2.05, 4.69) is 55.5 Å². The van der Waals surface area contributed by atoms with Crippen molar-refractivity contribution >= 4 is 35.6 Å². The van der Waals surface area contributed by atoms with Crippen LogP contribution in [-0.2, 0) is 24.2 Å². The van der Waals surface area contributed by atoms with Gasteiger partial charge in [0.15, 0.2) is 5.96 Å². The molecule has 0 aliphatic rings. The summed E-state index contributed by atoms with van der Waals surface area (Å²) in [6, 6.07) is 18.4. The lowest BCUT2D eigenvalue weighted by atomic mass is 10.1. The van der Waals surface area contributed by atoms with E-state index in [4.69, 9.17) is 9.47 Å². The number of hydrogen-bond donors (Lipinski definition) is 2. The van der Waals surface area contributed by atoms with E-state index >= 15 is 0 Å². The second-order valence-electron chi connectivity index (χ2n) is 7.40. The van der Waals surface area contributed by atoms with Gasteiger partial charge in [0.05, 0.1) is 13.2 Å². The molecule has 0 unspecified atom stereocenters. The molecule has 0 fully saturated rings. The lowest BCUT2D eigenvalue weighted by molar-refractivity contribution is 0.172. The van der Waals surface area contributed by atoms with Crippen LogP contribution in [0.25, 0.3) is 0 Å². The van der Waals surface area contributed by atoms with Crippen molar-refractivity contribution in [2.45, 2.75) is 32.4 Å². The van der Waals surface area contributed by atoms with Gasteiger partial charge < -0.3 is 24.7 Å². The van der Waals surface area contributed by atoms with Gasteiger partial charge in [0.2, 0.25) is 0 Å². The van der Waals surface area contributed by atoms with Crippen molar-refractivity contribution in [2.75, 3.05) is 32.7 Å². The number of aryl methyl sites for hydroxylation is 2. The molecule has 0 aliphatic heterocycles. The van der Waals surface area contributed by atoms with Crippen LogP contribution < -0.4 is 15.4 Å². The lowest BCUT2D eigenvalue weighted by Gasteiger charge is -2.14. The number of anilines is 1. The van der Waals surface area contributed by atoms with Crippen LogP contribution in [0.15, 0.2) is 72.0 Å². The molecule has 2 N–H and O–H groups in total. The Hall–Kier alpha value is -2.59. The van der Waals surface area contributed by atoms with Gasteiger partial charge in [0, 0.05) is 57.9 Å². The van der Waals surface area contributed by atoms with Crippen molar-refractivity contribution in [1.29, 1.82) is 0 Å². The maximum absolute atomic E-state index is 5.77. The third-order valence-electron chi connectivity index (χ3n) is 5.00. The zero-order valence-corrected chi connectivity index (χ0v) is 21.7. The van der Waals surface area contributed by atoms with E-state index in [1.54, 1.807) is 14.2 Å². The Morgan fingerprint density at radius 3 is 2.70 bits per heavy atom. The second kappa shape index (κ2) is 15.3. The number of imidazole rings is 1. The molecule has 0 spiro atoms. The summed E-state index contributed by atoms with van der Waals surface area (Å²) in [4.78, 5) is 8.84. The monoisotopic (exact) mass is 563 g/mol. The fraction of sp³-hybridized carbons (Fsp3) is 0.360. The minimum Gasteiger partial charge on any atom is -0.493 e. The van der Waals surface area contributed by atoms with Crippen LogP contribution >= 0.6 is 24.0 Å². The highest BCUT2D eigenvalue weighted by molar-refractivity contribution is 14.0. The molecule has 0 radical (unpaired) electrons. The van der Waals surface area contributed by atoms with Crippen molar-refractivity contribution in [2.24, 2.45) is 4.99 Å². The van der Waals surface area contributed by atoms with Gasteiger partial charge in [-0.2, -0.15) is 0 Å². The number of aliphatic imine (C=N–C) groups is 1. The third-order valence-corrected chi connectivity index (χ3v) is 5.00. The molecular weight excluding hydrogens is 529 g/mol. The summed E-state index contributed by atoms with van der Waals surface area (Å²) in [5.74, 6) is 2.48. The summed E-state index contributed by atoms with van der Waals surface area (Å²) in [6.45, 7) is 2.83. The molecule has 0 aliphatic carbocycles. The molecule has 7 nitrogen and oxygen atoms in total. The zero-order chi connectivity index (χ0) is 22.4. The number of rotatable bonds is 12. The Labute approximate surface area is 213 Å². The molecule has 0 saturated carbocycles. The maximum Gasteiger partial charge on any atom is 0.195 e. The number of aromatic nitrogens is 2. The predicted octanol–water partition coefficient (Wildman–Crippen LogP) is 4.74. The summed E-state index contributed by atoms with van der Waals surface area (Å²) in [5.41, 5.74) is 2.27. The first-order valence-electron chi connectivity index (χ1n) is 11.0. The summed E-state index contributed by atoms with van der Waals surface area (Å²) in [5, 5.41) is 6.66. The zero-order valence-electron chi connectivity index (χ0n) is 19.4. The van der Waals surface area contributed by atoms with Gasteiger partial charge in [-0.15, -0.1) is 24.0 Å². The highest BCUT2D eigenvalue weighted by atomic mass is 127. The molecule has 0 bridgehead atoms. The molecule has 0 saturated heterocycles. The molecular formula is C25H34IN5O2. The largest absolute Gasteiger partial charge is 0.493 e. The van der Waals surface area contributed by atoms with Crippen LogP contribution in [0.2, 0.25) is 0 Å². The van der Waals surface area contributed by atoms with Gasteiger partial charge in [-0.25, -0.2) is 4.98 Å². The molecule has 2 aromatic carbocycles. The first-order valence-corrected chi connectivity index (χ1v) is 11.0. The minimum atomic E-state index is 0. The quantitative estimate of drug-likeness (QED) is 0.144. The molecule has 1 heterocycles. The van der Waals surface area contributed by atoms with E-state index in [0.29, 0.717) is 25.7 Å². The van der Waals surface area contributed by atoms with E-state index in [1.165, 1.54) is 5.56 Å². The van der Waals surface area contributed by atoms with Gasteiger partial charge in [0.1, 0.15) is 11.6 Å². The number of methoxy groups -OCH3 is 1. The minimum absolute atomic E-state index is 0. The van der Waals surface area contributed by atoms with Gasteiger partial charge in [-0.05, 0) is 30.5 Å². The number of guanidine groups is 1. The Kier molecular flexibility index (Phi) is 12.3. The van der Waals surface area contributed by atoms with Gasteiger partial charge in [-0.1, -0.05) is 36.4 Å². The summed E-state index contributed by atoms with van der Waals surface area (Å²) < 4.78 is 13.0. The summed E-state index contributed by atoms with van der Waals surface area (Å²) >= 11 is 0. The Bertz CT molecular complexity index is 962. The number of hydrogen-bond acceptors (Lipinski definition) is 4. The molecule has 3 rings (SSSR count). The van der Waals surface area contributed by atoms with Gasteiger partial charge in [0.25, 0.3) is 0 Å². The number of nitrogens with zero attached hydrogens (tertiary/aromatic N) is 3. The Balaban J connectivity index is 0.00000385. The van der Waals surface area contributed by atoms with Crippen molar-refractivity contribution in [3.63, 3.8) is 0 Å². The normalized spacial score (nSPS) is 11.0. The molecule has 3 aromatic rings. The number of nitrogens with one attached hydrogen (secondary N) is 2. The average Bonchev–Trinajstić information content (AvgIpc) is 3.28. The lowest BCUT2D eigenvalue weighted by Crippen LogP contribution is -2.31. The van der Waals surface area contributed by atoms with Crippen molar-refractivity contribution in [3.8, 4) is 5.75 Å². The molecule has 0 amide bonds. The Morgan fingerprint density at radius 2 is 1.91 bits per heavy atom. The van der Waals surface area contributed by atoms with Crippen LogP contribution in [0, 0.1) is 0 Å². The SMILES string of the molecule is CN=C(NCc1nccn1CCCc1ccccc1)Nc1cccc(OCCCOC)c1.I. The van der Waals surface area contributed by atoms with Crippen molar-refractivity contribution < 1.29 is 9.47 Å². The van der Waals surface area contributed by atoms with Crippen molar-refractivity contribution in [3.05, 3.63) is 78.4 Å². The number of benzene rings is 2. The fourth-order valence-electron chi connectivity index (χ4n) is 3.34. The van der Waals surface area contributed by atoms with Gasteiger partial charge in [-0.3, -0.25) is 4.99 Å². The fourth-order valence-corrected chi connectivity index (χ4v) is 3.34. The maximum atomic E-state index is 5.77. The molecule has 8 heteroatoms. The first kappa shape index (κ1) is 26.7. The third kappa shape index (κ3) is 9.43. The topological polar surface area (TPSA) is 72.7 Å². The van der Waals surface area contributed by atoms with Crippen molar-refractivity contribution in [1.82, 2.24) is 14.9 Å². The molecule has 0 atom stereocenters. The smallest absolute Gasteiger partial charge is 0.195 e. The summed E-state index contributed by atoms with van der Waals surface area (Å²) in [6.07, 6.45) is 6.86. The Morgan fingerprint density at radius 1 is 1.06 bits per heavy atom. The van der Waals surface area contributed by atoms with Crippen LogP contribution in [0.4, 0.5) is 5.69 Å². The van der Waals surface area contributed by atoms with Crippen LogP contribution in [-0.4, -0.2) is 42.9 Å². The van der Waals surface area contributed by atoms with Crippen LogP contribution in [0.3, 0.4) is 0 Å². The standard InChI is InChI=1S/C25H33N5O2.HI/c1-26-25(29-22-12-6-13-23(19-22)32-18-8-17-31-2)28-20-24-27-14-16-30(24)15-7-11-21-9-4-3-5-10-21;/h3-6,9-10,12-14,16,19H,7-8,11,15,17-18,20H2,1-2H3,(H2,26,28,29);1H. The van der Waals surface area contributed by atoms with Crippen LogP contribution in [0.1, 0.15) is 24.2 Å². The van der Waals surface area contributed by atoms with E-state index in [0.717, 1.165) is 43.1 Å². The van der Waals surface area contributed by atoms with E-state index in [1.807, 2.05) is 36.7 Å². The number of halogens is 1. The molecule has 178 valence electrons. The number of ether oxygens (including phenoxy) is 2. The predicted molar refractivity (Wildman–Crippen MR) is 145 cm³/mol. The van der Waals surface area contributed by atoms with E-state index in [9.17, 15) is 0 Å².